The van der Waals surface area contributed by atoms with E-state index in [1.54, 1.807) is 0 Å². The van der Waals surface area contributed by atoms with E-state index in [-0.39, 0.29) is 5.54 Å². The smallest absolute Gasteiger partial charge is 0.191 e. The molecule has 0 amide bonds. The summed E-state index contributed by atoms with van der Waals surface area (Å²) in [5.74, 6) is 2.42. The van der Waals surface area contributed by atoms with E-state index in [0.717, 1.165) is 50.5 Å². The van der Waals surface area contributed by atoms with Gasteiger partial charge in [-0.15, -0.1) is 0 Å². The number of benzene rings is 5. The van der Waals surface area contributed by atoms with E-state index in [4.69, 9.17) is 9.72 Å². The van der Waals surface area contributed by atoms with Gasteiger partial charge in [-0.3, -0.25) is 4.57 Å². The number of hydrogen-bond acceptors (Lipinski definition) is 2. The Morgan fingerprint density at radius 1 is 0.617 bits per heavy atom. The summed E-state index contributed by atoms with van der Waals surface area (Å²) in [5, 5.41) is 2.34. The third-order valence-corrected chi connectivity index (χ3v) is 9.08. The van der Waals surface area contributed by atoms with E-state index in [0.29, 0.717) is 0 Å². The Morgan fingerprint density at radius 3 is 2.09 bits per heavy atom. The Morgan fingerprint density at radius 2 is 1.30 bits per heavy atom. The van der Waals surface area contributed by atoms with Gasteiger partial charge in [-0.25, -0.2) is 9.55 Å². The molecule has 0 saturated carbocycles. The van der Waals surface area contributed by atoms with Crippen molar-refractivity contribution in [3.8, 4) is 34.1 Å². The number of fused-ring (bicyclic) bond motifs is 4. The maximum Gasteiger partial charge on any atom is 0.191 e. The zero-order valence-corrected chi connectivity index (χ0v) is 27.4. The van der Waals surface area contributed by atoms with Gasteiger partial charge in [0.1, 0.15) is 23.0 Å². The zero-order valence-electron chi connectivity index (χ0n) is 27.4. The van der Waals surface area contributed by atoms with Crippen LogP contribution in [0.2, 0.25) is 0 Å². The average molecular weight is 614 g/mol. The maximum absolute atomic E-state index is 6.59. The predicted octanol–water partition coefficient (Wildman–Crippen LogP) is 11.0. The lowest BCUT2D eigenvalue weighted by Crippen LogP contribution is -2.20. The molecule has 0 bridgehead atoms. The molecule has 230 valence electrons. The van der Waals surface area contributed by atoms with E-state index in [9.17, 15) is 0 Å². The summed E-state index contributed by atoms with van der Waals surface area (Å²) in [6, 6.07) is 42.5. The standard InChI is InChI=1S/C42H37N4O/c1-28-12-10-13-29(2)41(28)30-22-23-43-40(24-30)46-36-17-7-6-16-34(36)35-21-20-33(26-39(35)46)47-32-15-11-14-31(25-32)44-27-45(42(3,4)5)38-19-9-8-18-37(38)44/h6-27H,1-5H3/q+1. The van der Waals surface area contributed by atoms with Gasteiger partial charge in [0.2, 0.25) is 0 Å². The number of hydrogen-bond donors (Lipinski definition) is 0. The lowest BCUT2D eigenvalue weighted by Gasteiger charge is -2.17. The van der Waals surface area contributed by atoms with Crippen LogP contribution in [0.5, 0.6) is 11.5 Å². The first-order valence-corrected chi connectivity index (χ1v) is 16.1. The fourth-order valence-corrected chi connectivity index (χ4v) is 6.91. The monoisotopic (exact) mass is 613 g/mol. The molecular weight excluding hydrogens is 576 g/mol. The number of pyridine rings is 1. The zero-order chi connectivity index (χ0) is 32.3. The number of aromatic nitrogens is 4. The lowest BCUT2D eigenvalue weighted by molar-refractivity contribution is 0.406. The second kappa shape index (κ2) is 11.0. The summed E-state index contributed by atoms with van der Waals surface area (Å²) in [6.07, 6.45) is 4.10. The predicted molar refractivity (Wildman–Crippen MR) is 194 cm³/mol. The van der Waals surface area contributed by atoms with Gasteiger partial charge in [0.05, 0.1) is 16.6 Å². The molecule has 0 aliphatic rings. The third-order valence-electron chi connectivity index (χ3n) is 9.08. The molecule has 0 atom stereocenters. The van der Waals surface area contributed by atoms with E-state index in [1.807, 2.05) is 12.3 Å². The minimum absolute atomic E-state index is 0.0556. The van der Waals surface area contributed by atoms with Crippen molar-refractivity contribution >= 4 is 32.8 Å². The largest absolute Gasteiger partial charge is 0.456 e. The number of nitrogens with zero attached hydrogens (tertiary/aromatic N) is 4. The first-order chi connectivity index (χ1) is 22.8. The fraction of sp³-hybridized carbons (Fsp3) is 0.143. The molecule has 8 aromatic rings. The van der Waals surface area contributed by atoms with Crippen molar-refractivity contribution in [3.05, 3.63) is 145 Å². The van der Waals surface area contributed by atoms with Gasteiger partial charge in [-0.1, -0.05) is 36.4 Å². The van der Waals surface area contributed by atoms with E-state index in [2.05, 4.69) is 170 Å². The third kappa shape index (κ3) is 4.95. The Kier molecular flexibility index (Phi) is 6.73. The molecular formula is C42H37N4O+. The molecule has 0 radical (unpaired) electrons. The second-order valence-corrected chi connectivity index (χ2v) is 13.3. The molecule has 0 unspecified atom stereocenters. The van der Waals surface area contributed by atoms with E-state index >= 15 is 0 Å². The Bertz CT molecular complexity index is 2440. The summed E-state index contributed by atoms with van der Waals surface area (Å²) in [5.41, 5.74) is 10.4. The SMILES string of the molecule is Cc1cccc(C)c1-c1ccnc(-n2c3ccccc3c3ccc(Oc4cccc(-n5[cH+]n(C(C)(C)C)c6ccccc65)c4)cc32)c1. The van der Waals surface area contributed by atoms with Crippen LogP contribution < -0.4 is 4.74 Å². The van der Waals surface area contributed by atoms with Gasteiger partial charge in [0.15, 0.2) is 17.4 Å². The average Bonchev–Trinajstić information content (AvgIpc) is 3.62. The summed E-state index contributed by atoms with van der Waals surface area (Å²) < 4.78 is 13.4. The molecule has 3 heterocycles. The van der Waals surface area contributed by atoms with Crippen LogP contribution in [0.3, 0.4) is 0 Å². The molecule has 0 aliphatic carbocycles. The highest BCUT2D eigenvalue weighted by Gasteiger charge is 2.24. The summed E-state index contributed by atoms with van der Waals surface area (Å²) in [7, 11) is 0. The van der Waals surface area contributed by atoms with Crippen molar-refractivity contribution in [2.24, 2.45) is 0 Å². The van der Waals surface area contributed by atoms with Gasteiger partial charge in [-0.2, -0.15) is 4.57 Å². The molecule has 8 rings (SSSR count). The van der Waals surface area contributed by atoms with Crippen molar-refractivity contribution in [2.75, 3.05) is 0 Å². The van der Waals surface area contributed by atoms with Crippen molar-refractivity contribution in [1.29, 1.82) is 0 Å². The Hall–Kier alpha value is -5.68. The topological polar surface area (TPSA) is 36.9 Å². The van der Waals surface area contributed by atoms with Crippen molar-refractivity contribution in [3.63, 3.8) is 0 Å². The lowest BCUT2D eigenvalue weighted by atomic mass is 9.96. The molecule has 47 heavy (non-hydrogen) atoms. The van der Waals surface area contributed by atoms with Crippen molar-refractivity contribution in [2.45, 2.75) is 40.2 Å². The van der Waals surface area contributed by atoms with Crippen LogP contribution in [-0.4, -0.2) is 18.7 Å². The fourth-order valence-electron chi connectivity index (χ4n) is 6.91. The molecule has 0 aliphatic heterocycles. The minimum atomic E-state index is -0.0556. The molecule has 0 fully saturated rings. The molecule has 3 aromatic heterocycles. The van der Waals surface area contributed by atoms with Gasteiger partial charge in [0, 0.05) is 47.3 Å². The number of rotatable bonds is 5. The van der Waals surface area contributed by atoms with Gasteiger partial charge in [0.25, 0.3) is 0 Å². The maximum atomic E-state index is 6.59. The molecule has 0 N–H and O–H groups in total. The van der Waals surface area contributed by atoms with Crippen LogP contribution in [0.4, 0.5) is 0 Å². The van der Waals surface area contributed by atoms with Gasteiger partial charge >= 0.3 is 0 Å². The van der Waals surface area contributed by atoms with Crippen LogP contribution in [-0.2, 0) is 5.54 Å². The van der Waals surface area contributed by atoms with Crippen LogP contribution >= 0.6 is 0 Å². The quantitative estimate of drug-likeness (QED) is 0.181. The summed E-state index contributed by atoms with van der Waals surface area (Å²) in [6.45, 7) is 11.0. The van der Waals surface area contributed by atoms with Crippen LogP contribution in [0.25, 0.3) is 55.5 Å². The van der Waals surface area contributed by atoms with Gasteiger partial charge in [-0.05, 0) is 111 Å². The highest BCUT2D eigenvalue weighted by atomic mass is 16.5. The number of para-hydroxylation sites is 3. The highest BCUT2D eigenvalue weighted by Crippen LogP contribution is 2.37. The van der Waals surface area contributed by atoms with Gasteiger partial charge < -0.3 is 4.74 Å². The first kappa shape index (κ1) is 28.8. The van der Waals surface area contributed by atoms with Crippen molar-refractivity contribution < 1.29 is 4.74 Å². The molecule has 5 nitrogen and oxygen atoms in total. The van der Waals surface area contributed by atoms with Crippen LogP contribution in [0.1, 0.15) is 31.9 Å². The summed E-state index contributed by atoms with van der Waals surface area (Å²) in [4.78, 5) is 4.89. The normalized spacial score (nSPS) is 11.9. The molecule has 0 saturated heterocycles. The molecule has 0 spiro atoms. The molecule has 5 heteroatoms. The number of ether oxygens (including phenoxy) is 1. The first-order valence-electron chi connectivity index (χ1n) is 16.1. The van der Waals surface area contributed by atoms with Crippen molar-refractivity contribution in [1.82, 2.24) is 18.7 Å². The highest BCUT2D eigenvalue weighted by molar-refractivity contribution is 6.09. The summed E-state index contributed by atoms with van der Waals surface area (Å²) >= 11 is 0. The Balaban J connectivity index is 1.22. The number of imidazole rings is 1. The van der Waals surface area contributed by atoms with Crippen LogP contribution in [0.15, 0.2) is 134 Å². The van der Waals surface area contributed by atoms with E-state index < -0.39 is 0 Å². The molecule has 5 aromatic carbocycles. The van der Waals surface area contributed by atoms with Crippen LogP contribution in [0, 0.1) is 13.8 Å². The Labute approximate surface area is 274 Å². The number of aryl methyl sites for hydroxylation is 2. The minimum Gasteiger partial charge on any atom is -0.456 e. The second-order valence-electron chi connectivity index (χ2n) is 13.3. The van der Waals surface area contributed by atoms with E-state index in [1.165, 1.54) is 27.6 Å².